The van der Waals surface area contributed by atoms with Crippen LogP contribution in [0.5, 0.6) is 0 Å². The van der Waals surface area contributed by atoms with Gasteiger partial charge in [-0.15, -0.1) is 0 Å². The van der Waals surface area contributed by atoms with Crippen molar-refractivity contribution in [3.05, 3.63) is 39.8 Å². The van der Waals surface area contributed by atoms with E-state index >= 15 is 0 Å². The summed E-state index contributed by atoms with van der Waals surface area (Å²) in [5.41, 5.74) is 2.57. The van der Waals surface area contributed by atoms with Crippen molar-refractivity contribution in [1.29, 1.82) is 0 Å². The summed E-state index contributed by atoms with van der Waals surface area (Å²) in [4.78, 5) is 31.2. The Morgan fingerprint density at radius 1 is 1.17 bits per heavy atom. The Labute approximate surface area is 135 Å². The molecule has 0 unspecified atom stereocenters. The van der Waals surface area contributed by atoms with E-state index in [2.05, 4.69) is 4.98 Å². The van der Waals surface area contributed by atoms with E-state index in [0.29, 0.717) is 23.3 Å². The molecule has 0 spiro atoms. The first-order valence-electron chi connectivity index (χ1n) is 8.42. The van der Waals surface area contributed by atoms with Crippen molar-refractivity contribution in [3.63, 3.8) is 0 Å². The van der Waals surface area contributed by atoms with Crippen LogP contribution < -0.4 is 5.56 Å². The largest absolute Gasteiger partial charge is 0.339 e. The van der Waals surface area contributed by atoms with Crippen molar-refractivity contribution >= 4 is 16.9 Å². The van der Waals surface area contributed by atoms with E-state index in [1.807, 2.05) is 30.0 Å². The summed E-state index contributed by atoms with van der Waals surface area (Å²) in [7, 11) is 0. The van der Waals surface area contributed by atoms with Gasteiger partial charge >= 0.3 is 0 Å². The van der Waals surface area contributed by atoms with Gasteiger partial charge in [-0.1, -0.05) is 12.8 Å². The lowest BCUT2D eigenvalue weighted by molar-refractivity contribution is 0.0762. The molecule has 2 heterocycles. The number of rotatable bonds is 2. The van der Waals surface area contributed by atoms with E-state index in [-0.39, 0.29) is 11.5 Å². The molecule has 1 amide bonds. The van der Waals surface area contributed by atoms with Gasteiger partial charge in [0, 0.05) is 25.2 Å². The average molecular weight is 313 g/mol. The van der Waals surface area contributed by atoms with Gasteiger partial charge in [0.15, 0.2) is 0 Å². The normalized spacial score (nSPS) is 15.7. The van der Waals surface area contributed by atoms with Crippen LogP contribution >= 0.6 is 0 Å². The molecule has 1 aromatic carbocycles. The summed E-state index contributed by atoms with van der Waals surface area (Å²) in [5.74, 6) is 0.0718. The highest BCUT2D eigenvalue weighted by atomic mass is 16.2. The summed E-state index contributed by atoms with van der Waals surface area (Å²) in [6, 6.07) is 5.48. The molecule has 1 fully saturated rings. The van der Waals surface area contributed by atoms with Gasteiger partial charge in [-0.2, -0.15) is 0 Å². The zero-order valence-electron chi connectivity index (χ0n) is 13.8. The van der Waals surface area contributed by atoms with Crippen molar-refractivity contribution in [3.8, 4) is 0 Å². The molecule has 122 valence electrons. The molecule has 0 atom stereocenters. The predicted molar refractivity (Wildman–Crippen MR) is 90.8 cm³/mol. The van der Waals surface area contributed by atoms with Crippen LogP contribution in [0.1, 0.15) is 48.7 Å². The van der Waals surface area contributed by atoms with E-state index in [0.717, 1.165) is 31.4 Å². The first-order chi connectivity index (χ1) is 11.1. The number of likely N-dealkylation sites (tertiary alicyclic amines) is 1. The Kier molecular flexibility index (Phi) is 4.46. The van der Waals surface area contributed by atoms with E-state index in [4.69, 9.17) is 0 Å². The molecule has 5 heteroatoms. The molecular weight excluding hydrogens is 290 g/mol. The van der Waals surface area contributed by atoms with Gasteiger partial charge in [0.25, 0.3) is 11.5 Å². The van der Waals surface area contributed by atoms with Gasteiger partial charge in [0.05, 0.1) is 11.0 Å². The molecule has 5 nitrogen and oxygen atoms in total. The second kappa shape index (κ2) is 6.52. The first-order valence-corrected chi connectivity index (χ1v) is 8.42. The van der Waals surface area contributed by atoms with Crippen molar-refractivity contribution in [2.24, 2.45) is 0 Å². The van der Waals surface area contributed by atoms with E-state index in [9.17, 15) is 9.59 Å². The molecule has 0 saturated carbocycles. The highest BCUT2D eigenvalue weighted by Gasteiger charge is 2.18. The molecule has 3 rings (SSSR count). The Morgan fingerprint density at radius 2 is 1.87 bits per heavy atom. The van der Waals surface area contributed by atoms with Crippen LogP contribution in [0.15, 0.2) is 23.0 Å². The SMILES string of the molecule is CCn1c(=O)c(C)nc2cc(C(=O)N3CCCCCC3)ccc21. The van der Waals surface area contributed by atoms with Gasteiger partial charge in [0.2, 0.25) is 0 Å². The lowest BCUT2D eigenvalue weighted by Crippen LogP contribution is -2.32. The maximum absolute atomic E-state index is 12.7. The van der Waals surface area contributed by atoms with Crippen LogP contribution in [0.2, 0.25) is 0 Å². The maximum atomic E-state index is 12.7. The zero-order chi connectivity index (χ0) is 16.4. The first kappa shape index (κ1) is 15.7. The fourth-order valence-electron chi connectivity index (χ4n) is 3.28. The lowest BCUT2D eigenvalue weighted by atomic mass is 10.1. The molecule has 0 bridgehead atoms. The number of hydrogen-bond donors (Lipinski definition) is 0. The molecule has 23 heavy (non-hydrogen) atoms. The van der Waals surface area contributed by atoms with Crippen LogP contribution in [-0.2, 0) is 6.54 Å². The van der Waals surface area contributed by atoms with Gasteiger partial charge in [-0.25, -0.2) is 4.98 Å². The number of carbonyl (C=O) groups is 1. The van der Waals surface area contributed by atoms with Gasteiger partial charge in [-0.3, -0.25) is 9.59 Å². The molecule has 0 radical (unpaired) electrons. The minimum atomic E-state index is -0.0633. The quantitative estimate of drug-likeness (QED) is 0.856. The summed E-state index contributed by atoms with van der Waals surface area (Å²) < 4.78 is 1.71. The standard InChI is InChI=1S/C18H23N3O2/c1-3-21-16-9-8-14(12-15(16)19-13(2)17(21)22)18(23)20-10-6-4-5-7-11-20/h8-9,12H,3-7,10-11H2,1-2H3. The molecule has 0 aliphatic carbocycles. The van der Waals surface area contributed by atoms with Crippen molar-refractivity contribution in [2.45, 2.75) is 46.1 Å². The van der Waals surface area contributed by atoms with Gasteiger partial charge < -0.3 is 9.47 Å². The Morgan fingerprint density at radius 3 is 2.52 bits per heavy atom. The average Bonchev–Trinajstić information content (AvgIpc) is 2.84. The number of aryl methyl sites for hydroxylation is 2. The third kappa shape index (κ3) is 3.00. The summed E-state index contributed by atoms with van der Waals surface area (Å²) in [5, 5.41) is 0. The fraction of sp³-hybridized carbons (Fsp3) is 0.500. The summed E-state index contributed by atoms with van der Waals surface area (Å²) >= 11 is 0. The number of hydrogen-bond acceptors (Lipinski definition) is 3. The molecule has 1 aromatic heterocycles. The molecule has 2 aromatic rings. The van der Waals surface area contributed by atoms with Gasteiger partial charge in [0.1, 0.15) is 5.69 Å². The summed E-state index contributed by atoms with van der Waals surface area (Å²) in [6.45, 7) is 5.92. The minimum absolute atomic E-state index is 0.0633. The highest BCUT2D eigenvalue weighted by Crippen LogP contribution is 2.17. The second-order valence-corrected chi connectivity index (χ2v) is 6.16. The van der Waals surface area contributed by atoms with Crippen molar-refractivity contribution in [1.82, 2.24) is 14.5 Å². The third-order valence-electron chi connectivity index (χ3n) is 4.57. The van der Waals surface area contributed by atoms with Gasteiger partial charge in [-0.05, 0) is 44.9 Å². The topological polar surface area (TPSA) is 55.2 Å². The lowest BCUT2D eigenvalue weighted by Gasteiger charge is -2.20. The summed E-state index contributed by atoms with van der Waals surface area (Å²) in [6.07, 6.45) is 4.55. The predicted octanol–water partition coefficient (Wildman–Crippen LogP) is 2.74. The number of carbonyl (C=O) groups excluding carboxylic acids is 1. The van der Waals surface area contributed by atoms with Crippen molar-refractivity contribution in [2.75, 3.05) is 13.1 Å². The number of benzene rings is 1. The Balaban J connectivity index is 2.01. The number of aromatic nitrogens is 2. The molecular formula is C18H23N3O2. The smallest absolute Gasteiger partial charge is 0.272 e. The zero-order valence-corrected chi connectivity index (χ0v) is 13.8. The number of nitrogens with zero attached hydrogens (tertiary/aromatic N) is 3. The van der Waals surface area contributed by atoms with E-state index in [1.165, 1.54) is 12.8 Å². The Bertz CT molecular complexity index is 787. The van der Waals surface area contributed by atoms with E-state index < -0.39 is 0 Å². The third-order valence-corrected chi connectivity index (χ3v) is 4.57. The fourth-order valence-corrected chi connectivity index (χ4v) is 3.28. The van der Waals surface area contributed by atoms with E-state index in [1.54, 1.807) is 11.5 Å². The van der Waals surface area contributed by atoms with Crippen LogP contribution in [0, 0.1) is 6.92 Å². The van der Waals surface area contributed by atoms with Crippen molar-refractivity contribution < 1.29 is 4.79 Å². The Hall–Kier alpha value is -2.17. The number of fused-ring (bicyclic) bond motifs is 1. The second-order valence-electron chi connectivity index (χ2n) is 6.16. The van der Waals surface area contributed by atoms with Crippen LogP contribution in [0.3, 0.4) is 0 Å². The van der Waals surface area contributed by atoms with Crippen LogP contribution in [-0.4, -0.2) is 33.4 Å². The molecule has 0 N–H and O–H groups in total. The van der Waals surface area contributed by atoms with Crippen LogP contribution in [0.25, 0.3) is 11.0 Å². The maximum Gasteiger partial charge on any atom is 0.272 e. The van der Waals surface area contributed by atoms with Crippen LogP contribution in [0.4, 0.5) is 0 Å². The monoisotopic (exact) mass is 313 g/mol. The molecule has 1 saturated heterocycles. The number of amides is 1. The minimum Gasteiger partial charge on any atom is -0.339 e. The molecule has 1 aliphatic heterocycles. The molecule has 1 aliphatic rings. The highest BCUT2D eigenvalue weighted by molar-refractivity contribution is 5.97.